The number of amides is 1. The van der Waals surface area contributed by atoms with E-state index in [2.05, 4.69) is 10.3 Å². The molecule has 1 aliphatic rings. The topological polar surface area (TPSA) is 82.5 Å². The first-order valence-electron chi connectivity index (χ1n) is 9.82. The first-order chi connectivity index (χ1) is 14.5. The van der Waals surface area contributed by atoms with E-state index < -0.39 is 0 Å². The van der Waals surface area contributed by atoms with Crippen LogP contribution in [0.25, 0.3) is 10.9 Å². The summed E-state index contributed by atoms with van der Waals surface area (Å²) in [5.74, 6) is 1.07. The highest BCUT2D eigenvalue weighted by molar-refractivity contribution is 6.32. The number of para-hydroxylation sites is 1. The smallest absolute Gasteiger partial charge is 0.261 e. The maximum atomic E-state index is 12.6. The summed E-state index contributed by atoms with van der Waals surface area (Å²) in [6, 6.07) is 9.22. The van der Waals surface area contributed by atoms with Crippen LogP contribution in [-0.2, 0) is 17.8 Å². The van der Waals surface area contributed by atoms with Gasteiger partial charge in [0.15, 0.2) is 11.5 Å². The van der Waals surface area contributed by atoms with Crippen LogP contribution < -0.4 is 20.3 Å². The van der Waals surface area contributed by atoms with Crippen molar-refractivity contribution in [3.63, 3.8) is 0 Å². The number of fused-ring (bicyclic) bond motifs is 2. The number of hydrogen-bond donors (Lipinski definition) is 1. The SMILES string of the molecule is Cc1cccc2c(=O)n(CCC(=O)NCCc3cc(Cl)c4c(c3)OCCO4)cnc12. The van der Waals surface area contributed by atoms with E-state index in [0.29, 0.717) is 53.6 Å². The van der Waals surface area contributed by atoms with Gasteiger partial charge in [0.25, 0.3) is 5.56 Å². The number of carbonyl (C=O) groups is 1. The number of aromatic nitrogens is 2. The Balaban J connectivity index is 1.32. The molecule has 30 heavy (non-hydrogen) atoms. The van der Waals surface area contributed by atoms with E-state index in [4.69, 9.17) is 21.1 Å². The van der Waals surface area contributed by atoms with Gasteiger partial charge in [-0.2, -0.15) is 0 Å². The number of rotatable bonds is 6. The lowest BCUT2D eigenvalue weighted by Gasteiger charge is -2.20. The summed E-state index contributed by atoms with van der Waals surface area (Å²) in [4.78, 5) is 29.2. The average Bonchev–Trinajstić information content (AvgIpc) is 2.74. The molecule has 3 aromatic rings. The number of halogens is 1. The molecule has 0 saturated heterocycles. The number of ether oxygens (including phenoxy) is 2. The van der Waals surface area contributed by atoms with E-state index >= 15 is 0 Å². The first kappa shape index (κ1) is 20.2. The number of aryl methyl sites for hydroxylation is 2. The highest BCUT2D eigenvalue weighted by Crippen LogP contribution is 2.38. The minimum atomic E-state index is -0.137. The van der Waals surface area contributed by atoms with Crippen molar-refractivity contribution in [2.45, 2.75) is 26.3 Å². The molecule has 1 amide bonds. The molecule has 0 radical (unpaired) electrons. The van der Waals surface area contributed by atoms with E-state index in [1.54, 1.807) is 6.07 Å². The van der Waals surface area contributed by atoms with E-state index in [0.717, 1.165) is 11.1 Å². The fourth-order valence-corrected chi connectivity index (χ4v) is 3.75. The third kappa shape index (κ3) is 4.26. The molecule has 1 N–H and O–H groups in total. The van der Waals surface area contributed by atoms with Crippen molar-refractivity contribution in [2.24, 2.45) is 0 Å². The molecule has 0 bridgehead atoms. The maximum Gasteiger partial charge on any atom is 0.261 e. The fraction of sp³-hybridized carbons (Fsp3) is 0.318. The summed E-state index contributed by atoms with van der Waals surface area (Å²) >= 11 is 6.24. The average molecular weight is 428 g/mol. The van der Waals surface area contributed by atoms with E-state index in [1.807, 2.05) is 31.2 Å². The van der Waals surface area contributed by atoms with Crippen molar-refractivity contribution < 1.29 is 14.3 Å². The molecule has 8 heteroatoms. The standard InChI is InChI=1S/C22H22ClN3O4/c1-14-3-2-4-16-20(14)25-13-26(22(16)28)8-6-19(27)24-7-5-15-11-17(23)21-18(12-15)29-9-10-30-21/h2-4,11-13H,5-10H2,1H3,(H,24,27). The Morgan fingerprint density at radius 3 is 2.97 bits per heavy atom. The van der Waals surface area contributed by atoms with Gasteiger partial charge in [-0.1, -0.05) is 23.7 Å². The van der Waals surface area contributed by atoms with E-state index in [9.17, 15) is 9.59 Å². The van der Waals surface area contributed by atoms with Crippen LogP contribution in [0.5, 0.6) is 11.5 Å². The van der Waals surface area contributed by atoms with Crippen LogP contribution >= 0.6 is 11.6 Å². The van der Waals surface area contributed by atoms with Crippen molar-refractivity contribution in [1.29, 1.82) is 0 Å². The number of nitrogens with one attached hydrogen (secondary N) is 1. The van der Waals surface area contributed by atoms with Crippen molar-refractivity contribution in [3.05, 3.63) is 63.2 Å². The third-order valence-electron chi connectivity index (χ3n) is 5.03. The highest BCUT2D eigenvalue weighted by Gasteiger charge is 2.16. The Kier molecular flexibility index (Phi) is 5.90. The van der Waals surface area contributed by atoms with Gasteiger partial charge < -0.3 is 14.8 Å². The summed E-state index contributed by atoms with van der Waals surface area (Å²) in [5.41, 5.74) is 2.47. The molecule has 7 nitrogen and oxygen atoms in total. The van der Waals surface area contributed by atoms with Gasteiger partial charge in [-0.25, -0.2) is 4.98 Å². The van der Waals surface area contributed by atoms with Gasteiger partial charge in [-0.15, -0.1) is 0 Å². The van der Waals surface area contributed by atoms with Crippen molar-refractivity contribution in [2.75, 3.05) is 19.8 Å². The number of hydrogen-bond acceptors (Lipinski definition) is 5. The zero-order valence-electron chi connectivity index (χ0n) is 16.6. The Hall–Kier alpha value is -3.06. The molecule has 0 spiro atoms. The van der Waals surface area contributed by atoms with Crippen molar-refractivity contribution >= 4 is 28.4 Å². The predicted octanol–water partition coefficient (Wildman–Crippen LogP) is 2.88. The van der Waals surface area contributed by atoms with Crippen LogP contribution in [-0.4, -0.2) is 35.2 Å². The van der Waals surface area contributed by atoms with Gasteiger partial charge in [0, 0.05) is 19.5 Å². The molecule has 2 heterocycles. The zero-order valence-corrected chi connectivity index (χ0v) is 17.4. The van der Waals surface area contributed by atoms with Gasteiger partial charge in [0.2, 0.25) is 5.91 Å². The summed E-state index contributed by atoms with van der Waals surface area (Å²) < 4.78 is 12.6. The van der Waals surface area contributed by atoms with Gasteiger partial charge in [0.1, 0.15) is 13.2 Å². The summed E-state index contributed by atoms with van der Waals surface area (Å²) in [6.45, 7) is 3.63. The Morgan fingerprint density at radius 1 is 1.27 bits per heavy atom. The lowest BCUT2D eigenvalue weighted by atomic mass is 10.1. The molecule has 0 aliphatic carbocycles. The van der Waals surface area contributed by atoms with Crippen LogP contribution in [0.15, 0.2) is 41.5 Å². The van der Waals surface area contributed by atoms with Crippen molar-refractivity contribution in [1.82, 2.24) is 14.9 Å². The number of nitrogens with zero attached hydrogens (tertiary/aromatic N) is 2. The van der Waals surface area contributed by atoms with Gasteiger partial charge in [-0.05, 0) is 42.7 Å². The number of carbonyl (C=O) groups excluding carboxylic acids is 1. The summed E-state index contributed by atoms with van der Waals surface area (Å²) in [6.07, 6.45) is 2.31. The summed E-state index contributed by atoms with van der Waals surface area (Å²) in [7, 11) is 0. The Bertz CT molecular complexity index is 1160. The highest BCUT2D eigenvalue weighted by atomic mass is 35.5. The molecular formula is C22H22ClN3O4. The monoisotopic (exact) mass is 427 g/mol. The molecular weight excluding hydrogens is 406 g/mol. The predicted molar refractivity (Wildman–Crippen MR) is 115 cm³/mol. The van der Waals surface area contributed by atoms with E-state index in [-0.39, 0.29) is 24.4 Å². The minimum Gasteiger partial charge on any atom is -0.486 e. The fourth-order valence-electron chi connectivity index (χ4n) is 3.46. The van der Waals surface area contributed by atoms with E-state index in [1.165, 1.54) is 10.9 Å². The normalized spacial score (nSPS) is 12.7. The largest absolute Gasteiger partial charge is 0.486 e. The second-order valence-corrected chi connectivity index (χ2v) is 7.57. The molecule has 2 aromatic carbocycles. The maximum absolute atomic E-state index is 12.6. The minimum absolute atomic E-state index is 0.130. The molecule has 0 atom stereocenters. The number of benzene rings is 2. The molecule has 0 unspecified atom stereocenters. The summed E-state index contributed by atoms with van der Waals surface area (Å²) in [5, 5.41) is 3.95. The molecule has 1 aromatic heterocycles. The molecule has 0 saturated carbocycles. The third-order valence-corrected chi connectivity index (χ3v) is 5.31. The zero-order chi connectivity index (χ0) is 21.1. The Labute approximate surface area is 178 Å². The van der Waals surface area contributed by atoms with Gasteiger partial charge >= 0.3 is 0 Å². The molecule has 4 rings (SSSR count). The molecule has 156 valence electrons. The van der Waals surface area contributed by atoms with Gasteiger partial charge in [0.05, 0.1) is 22.3 Å². The quantitative estimate of drug-likeness (QED) is 0.654. The van der Waals surface area contributed by atoms with Gasteiger partial charge in [-0.3, -0.25) is 14.2 Å². The molecule has 1 aliphatic heterocycles. The lowest BCUT2D eigenvalue weighted by molar-refractivity contribution is -0.121. The second-order valence-electron chi connectivity index (χ2n) is 7.17. The lowest BCUT2D eigenvalue weighted by Crippen LogP contribution is -2.29. The molecule has 0 fully saturated rings. The van der Waals surface area contributed by atoms with Crippen LogP contribution in [0, 0.1) is 6.92 Å². The Morgan fingerprint density at radius 2 is 2.10 bits per heavy atom. The first-order valence-corrected chi connectivity index (χ1v) is 10.2. The van der Waals surface area contributed by atoms with Crippen molar-refractivity contribution in [3.8, 4) is 11.5 Å². The second kappa shape index (κ2) is 8.75. The van der Waals surface area contributed by atoms with Crippen LogP contribution in [0.4, 0.5) is 0 Å². The van der Waals surface area contributed by atoms with Crippen LogP contribution in [0.2, 0.25) is 5.02 Å². The van der Waals surface area contributed by atoms with Crippen LogP contribution in [0.1, 0.15) is 17.5 Å². The van der Waals surface area contributed by atoms with Crippen LogP contribution in [0.3, 0.4) is 0 Å².